The minimum Gasteiger partial charge on any atom is -0.349 e. The van der Waals surface area contributed by atoms with Crippen LogP contribution in [0.3, 0.4) is 0 Å². The Labute approximate surface area is 232 Å². The van der Waals surface area contributed by atoms with E-state index in [0.29, 0.717) is 4.68 Å². The van der Waals surface area contributed by atoms with Crippen molar-refractivity contribution in [2.75, 3.05) is 5.32 Å². The third-order valence-corrected chi connectivity index (χ3v) is 6.29. The van der Waals surface area contributed by atoms with Gasteiger partial charge in [-0.05, 0) is 53.6 Å². The fourth-order valence-corrected chi connectivity index (χ4v) is 4.32. The van der Waals surface area contributed by atoms with Crippen molar-refractivity contribution < 1.29 is 22.8 Å². The highest BCUT2D eigenvalue weighted by atomic mass is 35.5. The lowest BCUT2D eigenvalue weighted by atomic mass is 10.1. The van der Waals surface area contributed by atoms with Crippen molar-refractivity contribution in [1.29, 1.82) is 0 Å². The Kier molecular flexibility index (Phi) is 7.18. The number of carbonyl (C=O) groups is 2. The first kappa shape index (κ1) is 26.8. The molecule has 0 radical (unpaired) electrons. The van der Waals surface area contributed by atoms with Gasteiger partial charge in [-0.25, -0.2) is 14.3 Å². The first-order chi connectivity index (χ1) is 18.5. The van der Waals surface area contributed by atoms with Crippen LogP contribution in [-0.2, 0) is 12.7 Å². The molecule has 1 aliphatic rings. The Morgan fingerprint density at radius 1 is 1.08 bits per heavy atom. The number of halogens is 6. The Balaban J connectivity index is 1.53. The van der Waals surface area contributed by atoms with E-state index in [1.165, 1.54) is 30.5 Å². The fourth-order valence-electron chi connectivity index (χ4n) is 3.58. The van der Waals surface area contributed by atoms with E-state index in [1.54, 1.807) is 6.07 Å². The predicted molar refractivity (Wildman–Crippen MR) is 133 cm³/mol. The van der Waals surface area contributed by atoms with Crippen LogP contribution in [0, 0.1) is 0 Å². The van der Waals surface area contributed by atoms with Gasteiger partial charge < -0.3 is 10.6 Å². The van der Waals surface area contributed by atoms with E-state index in [4.69, 9.17) is 34.8 Å². The molecule has 1 saturated carbocycles. The molecule has 4 aromatic rings. The van der Waals surface area contributed by atoms with Crippen LogP contribution < -0.4 is 10.6 Å². The molecule has 3 aromatic heterocycles. The smallest absolute Gasteiger partial charge is 0.349 e. The van der Waals surface area contributed by atoms with E-state index in [-0.39, 0.29) is 49.6 Å². The monoisotopic (exact) mass is 599 g/mol. The van der Waals surface area contributed by atoms with Gasteiger partial charge in [-0.2, -0.15) is 18.3 Å². The minimum absolute atomic E-state index is 0.0116. The largest absolute Gasteiger partial charge is 0.453 e. The lowest BCUT2D eigenvalue weighted by molar-refractivity contribution is -0.147. The van der Waals surface area contributed by atoms with E-state index in [9.17, 15) is 22.8 Å². The molecular formula is C22H15Cl3F3N9O2. The number of anilines is 1. The van der Waals surface area contributed by atoms with E-state index in [2.05, 4.69) is 36.2 Å². The second-order valence-electron chi connectivity index (χ2n) is 8.41. The van der Waals surface area contributed by atoms with Crippen molar-refractivity contribution in [3.05, 3.63) is 74.4 Å². The Morgan fingerprint density at radius 2 is 1.85 bits per heavy atom. The minimum atomic E-state index is -4.82. The maximum absolute atomic E-state index is 13.5. The number of aromatic nitrogens is 7. The summed E-state index contributed by atoms with van der Waals surface area (Å²) in [5.41, 5.74) is -0.191. The highest BCUT2D eigenvalue weighted by Gasteiger charge is 2.38. The number of alkyl halides is 3. The van der Waals surface area contributed by atoms with Crippen LogP contribution in [0.15, 0.2) is 36.5 Å². The molecule has 0 saturated heterocycles. The van der Waals surface area contributed by atoms with Gasteiger partial charge in [-0.15, -0.1) is 5.10 Å². The third kappa shape index (κ3) is 5.82. The molecule has 5 rings (SSSR count). The first-order valence-electron chi connectivity index (χ1n) is 11.2. The highest BCUT2D eigenvalue weighted by Crippen LogP contribution is 2.32. The summed E-state index contributed by atoms with van der Waals surface area (Å²) in [6, 6.07) is 6.98. The molecule has 17 heteroatoms. The van der Waals surface area contributed by atoms with Gasteiger partial charge in [-0.1, -0.05) is 34.8 Å². The Bertz CT molecular complexity index is 1580. The molecule has 2 N–H and O–H groups in total. The molecule has 0 spiro atoms. The lowest BCUT2D eigenvalue weighted by Crippen LogP contribution is -2.27. The number of carbonyl (C=O) groups excluding carboxylic acids is 2. The normalized spacial score (nSPS) is 13.4. The molecule has 1 fully saturated rings. The molecule has 39 heavy (non-hydrogen) atoms. The highest BCUT2D eigenvalue weighted by molar-refractivity contribution is 6.38. The molecule has 202 valence electrons. The summed E-state index contributed by atoms with van der Waals surface area (Å²) in [6.07, 6.45) is -1.78. The van der Waals surface area contributed by atoms with Crippen molar-refractivity contribution in [2.24, 2.45) is 0 Å². The number of amides is 2. The number of pyridine rings is 1. The molecular weight excluding hydrogens is 586 g/mol. The molecule has 3 heterocycles. The van der Waals surface area contributed by atoms with Crippen molar-refractivity contribution in [1.82, 2.24) is 40.3 Å². The second-order valence-corrected chi connectivity index (χ2v) is 9.66. The van der Waals surface area contributed by atoms with Crippen molar-refractivity contribution in [2.45, 2.75) is 31.6 Å². The van der Waals surface area contributed by atoms with Crippen LogP contribution in [0.25, 0.3) is 5.82 Å². The van der Waals surface area contributed by atoms with Crippen LogP contribution in [0.2, 0.25) is 15.1 Å². The van der Waals surface area contributed by atoms with Crippen LogP contribution >= 0.6 is 34.8 Å². The van der Waals surface area contributed by atoms with Gasteiger partial charge in [0.25, 0.3) is 17.6 Å². The number of tetrazole rings is 1. The van der Waals surface area contributed by atoms with Gasteiger partial charge in [0.05, 0.1) is 33.5 Å². The fraction of sp³-hybridized carbons (Fsp3) is 0.227. The lowest BCUT2D eigenvalue weighted by Gasteiger charge is -2.14. The number of benzene rings is 1. The van der Waals surface area contributed by atoms with Gasteiger partial charge in [0.2, 0.25) is 0 Å². The third-order valence-electron chi connectivity index (χ3n) is 5.48. The number of rotatable bonds is 7. The van der Waals surface area contributed by atoms with Gasteiger partial charge in [0.1, 0.15) is 5.69 Å². The zero-order chi connectivity index (χ0) is 27.9. The first-order valence-corrected chi connectivity index (χ1v) is 12.3. The molecule has 0 bridgehead atoms. The molecule has 0 atom stereocenters. The van der Waals surface area contributed by atoms with Crippen LogP contribution in [0.1, 0.15) is 45.2 Å². The zero-order valence-corrected chi connectivity index (χ0v) is 21.6. The predicted octanol–water partition coefficient (Wildman–Crippen LogP) is 4.43. The maximum Gasteiger partial charge on any atom is 0.453 e. The molecule has 1 aliphatic carbocycles. The van der Waals surface area contributed by atoms with Crippen molar-refractivity contribution in [3.8, 4) is 5.82 Å². The average Bonchev–Trinajstić information content (AvgIpc) is 3.37. The zero-order valence-electron chi connectivity index (χ0n) is 19.4. The Hall–Kier alpha value is -3.75. The summed E-state index contributed by atoms with van der Waals surface area (Å²) in [7, 11) is 0. The maximum atomic E-state index is 13.5. The number of nitrogens with one attached hydrogen (secondary N) is 2. The van der Waals surface area contributed by atoms with Gasteiger partial charge in [0, 0.05) is 17.3 Å². The summed E-state index contributed by atoms with van der Waals surface area (Å²) >= 11 is 18.7. The summed E-state index contributed by atoms with van der Waals surface area (Å²) in [5.74, 6) is -2.62. The van der Waals surface area contributed by atoms with Crippen LogP contribution in [0.4, 0.5) is 18.9 Å². The van der Waals surface area contributed by atoms with Crippen molar-refractivity contribution in [3.63, 3.8) is 0 Å². The summed E-state index contributed by atoms with van der Waals surface area (Å²) < 4.78 is 41.4. The summed E-state index contributed by atoms with van der Waals surface area (Å²) in [6.45, 7) is -0.531. The van der Waals surface area contributed by atoms with Gasteiger partial charge >= 0.3 is 6.18 Å². The molecule has 0 unspecified atom stereocenters. The molecule has 1 aromatic carbocycles. The number of nitrogens with zero attached hydrogens (tertiary/aromatic N) is 7. The van der Waals surface area contributed by atoms with E-state index in [1.807, 2.05) is 0 Å². The topological polar surface area (TPSA) is 133 Å². The Morgan fingerprint density at radius 3 is 2.54 bits per heavy atom. The second kappa shape index (κ2) is 10.4. The van der Waals surface area contributed by atoms with E-state index < -0.39 is 30.4 Å². The van der Waals surface area contributed by atoms with Gasteiger partial charge in [0.15, 0.2) is 5.82 Å². The van der Waals surface area contributed by atoms with Crippen LogP contribution in [-0.4, -0.2) is 52.8 Å². The average molecular weight is 601 g/mol. The SMILES string of the molecule is O=C(NC1CC1)c1cc(Cl)cc(Cl)c1NC(=O)c1cc(Cn2nnnc2C(F)(F)F)nn1-c1ncccc1Cl. The van der Waals surface area contributed by atoms with E-state index >= 15 is 0 Å². The quantitative estimate of drug-likeness (QED) is 0.321. The van der Waals surface area contributed by atoms with Crippen molar-refractivity contribution >= 4 is 52.3 Å². The van der Waals surface area contributed by atoms with Crippen LogP contribution in [0.5, 0.6) is 0 Å². The van der Waals surface area contributed by atoms with Gasteiger partial charge in [-0.3, -0.25) is 9.59 Å². The van der Waals surface area contributed by atoms with E-state index in [0.717, 1.165) is 17.5 Å². The molecule has 2 amide bonds. The molecule has 0 aliphatic heterocycles. The number of hydrogen-bond acceptors (Lipinski definition) is 7. The summed E-state index contributed by atoms with van der Waals surface area (Å²) in [4.78, 5) is 30.5. The summed E-state index contributed by atoms with van der Waals surface area (Å²) in [5, 5.41) is 19.3. The standard InChI is InChI=1S/C22H15Cl3F3N9O2/c23-10-6-13(19(38)30-11-3-4-11)17(15(25)7-10)31-20(39)16-8-12(9-36-21(22(26,27)28)32-34-35-36)33-37(16)18-14(24)2-1-5-29-18/h1-2,5-8,11H,3-4,9H2,(H,30,38)(H,31,39). The molecule has 11 nitrogen and oxygen atoms in total. The number of hydrogen-bond donors (Lipinski definition) is 2.